The highest BCUT2D eigenvalue weighted by Gasteiger charge is 2.29. The second kappa shape index (κ2) is 3.30. The van der Waals surface area contributed by atoms with Crippen LogP contribution >= 0.6 is 0 Å². The number of hydrogen-bond acceptors (Lipinski definition) is 1. The summed E-state index contributed by atoms with van der Waals surface area (Å²) >= 11 is 0. The van der Waals surface area contributed by atoms with Crippen LogP contribution in [-0.4, -0.2) is 9.55 Å². The molecule has 1 atom stereocenters. The molecule has 0 aromatic carbocycles. The zero-order valence-corrected chi connectivity index (χ0v) is 8.92. The Morgan fingerprint density at radius 2 is 2.36 bits per heavy atom. The van der Waals surface area contributed by atoms with Crippen molar-refractivity contribution in [2.45, 2.75) is 45.6 Å². The molecule has 1 fully saturated rings. The molecule has 78 valence electrons. The van der Waals surface area contributed by atoms with Crippen LogP contribution in [0.25, 0.3) is 0 Å². The lowest BCUT2D eigenvalue weighted by Crippen LogP contribution is -2.29. The van der Waals surface area contributed by atoms with Crippen LogP contribution in [0.5, 0.6) is 0 Å². The molecule has 1 aromatic heterocycles. The fourth-order valence-electron chi connectivity index (χ4n) is 2.51. The van der Waals surface area contributed by atoms with Crippen LogP contribution in [0.2, 0.25) is 0 Å². The zero-order valence-electron chi connectivity index (χ0n) is 8.92. The van der Waals surface area contributed by atoms with Gasteiger partial charge in [-0.25, -0.2) is 4.79 Å². The van der Waals surface area contributed by atoms with E-state index in [0.29, 0.717) is 11.5 Å². The first-order valence-corrected chi connectivity index (χ1v) is 5.34. The summed E-state index contributed by atoms with van der Waals surface area (Å²) in [5.74, 6) is 0. The highest BCUT2D eigenvalue weighted by Crippen LogP contribution is 2.40. The largest absolute Gasteiger partial charge is 0.325 e. The average Bonchev–Trinajstić information content (AvgIpc) is 2.49. The van der Waals surface area contributed by atoms with E-state index >= 15 is 0 Å². The second-order valence-corrected chi connectivity index (χ2v) is 5.09. The molecule has 1 heterocycles. The van der Waals surface area contributed by atoms with E-state index in [0.717, 1.165) is 12.8 Å². The predicted molar refractivity (Wildman–Crippen MR) is 56.3 cm³/mol. The second-order valence-electron chi connectivity index (χ2n) is 5.09. The number of hydrogen-bond donors (Lipinski definition) is 1. The van der Waals surface area contributed by atoms with Gasteiger partial charge in [0.25, 0.3) is 0 Å². The molecule has 14 heavy (non-hydrogen) atoms. The Morgan fingerprint density at radius 3 is 2.93 bits per heavy atom. The molecule has 0 amide bonds. The number of aromatic amines is 1. The van der Waals surface area contributed by atoms with Crippen molar-refractivity contribution in [3.8, 4) is 0 Å². The molecule has 1 N–H and O–H groups in total. The van der Waals surface area contributed by atoms with Gasteiger partial charge < -0.3 is 4.98 Å². The van der Waals surface area contributed by atoms with E-state index in [1.807, 2.05) is 10.8 Å². The molecule has 1 aliphatic rings. The third-order valence-corrected chi connectivity index (χ3v) is 3.25. The summed E-state index contributed by atoms with van der Waals surface area (Å²) < 4.78 is 1.85. The Bertz CT molecular complexity index is 361. The SMILES string of the molecule is CC1(C)CCCC(n2cc[nH]c2=O)C1. The molecule has 3 nitrogen and oxygen atoms in total. The highest BCUT2D eigenvalue weighted by atomic mass is 16.1. The van der Waals surface area contributed by atoms with Crippen molar-refractivity contribution in [2.75, 3.05) is 0 Å². The van der Waals surface area contributed by atoms with E-state index in [1.165, 1.54) is 12.8 Å². The fraction of sp³-hybridized carbons (Fsp3) is 0.727. The van der Waals surface area contributed by atoms with Crippen LogP contribution in [0, 0.1) is 5.41 Å². The van der Waals surface area contributed by atoms with Crippen molar-refractivity contribution >= 4 is 0 Å². The van der Waals surface area contributed by atoms with Gasteiger partial charge in [0.05, 0.1) is 0 Å². The maximum absolute atomic E-state index is 11.4. The van der Waals surface area contributed by atoms with Gasteiger partial charge in [-0.3, -0.25) is 4.57 Å². The number of nitrogens with one attached hydrogen (secondary N) is 1. The van der Waals surface area contributed by atoms with Gasteiger partial charge in [-0.15, -0.1) is 0 Å². The smallest absolute Gasteiger partial charge is 0.313 e. The molecule has 0 aliphatic heterocycles. The Balaban J connectivity index is 2.20. The molecule has 1 saturated carbocycles. The zero-order chi connectivity index (χ0) is 10.2. The van der Waals surface area contributed by atoms with Crippen molar-refractivity contribution in [1.29, 1.82) is 0 Å². The standard InChI is InChI=1S/C11H18N2O/c1-11(2)5-3-4-9(8-11)13-7-6-12-10(13)14/h6-7,9H,3-5,8H2,1-2H3,(H,12,14). The van der Waals surface area contributed by atoms with Gasteiger partial charge in [-0.1, -0.05) is 20.3 Å². The Labute approximate surface area is 84.1 Å². The van der Waals surface area contributed by atoms with Gasteiger partial charge in [-0.2, -0.15) is 0 Å². The Morgan fingerprint density at radius 1 is 1.57 bits per heavy atom. The summed E-state index contributed by atoms with van der Waals surface area (Å²) in [5.41, 5.74) is 0.423. The number of rotatable bonds is 1. The average molecular weight is 194 g/mol. The van der Waals surface area contributed by atoms with Gasteiger partial charge >= 0.3 is 5.69 Å². The lowest BCUT2D eigenvalue weighted by Gasteiger charge is -2.35. The maximum Gasteiger partial charge on any atom is 0.325 e. The molecule has 0 radical (unpaired) electrons. The first-order chi connectivity index (χ1) is 6.58. The van der Waals surface area contributed by atoms with E-state index in [9.17, 15) is 4.79 Å². The number of H-pyrrole nitrogens is 1. The number of nitrogens with zero attached hydrogens (tertiary/aromatic N) is 1. The Hall–Kier alpha value is -0.990. The molecule has 1 unspecified atom stereocenters. The van der Waals surface area contributed by atoms with E-state index < -0.39 is 0 Å². The summed E-state index contributed by atoms with van der Waals surface area (Å²) in [6.07, 6.45) is 8.36. The molecule has 0 saturated heterocycles. The first kappa shape index (κ1) is 9.56. The minimum atomic E-state index is 0.0349. The van der Waals surface area contributed by atoms with Gasteiger partial charge in [0.1, 0.15) is 0 Å². The van der Waals surface area contributed by atoms with Crippen molar-refractivity contribution < 1.29 is 0 Å². The van der Waals surface area contributed by atoms with Crippen LogP contribution in [0.15, 0.2) is 17.2 Å². The van der Waals surface area contributed by atoms with Crippen LogP contribution in [0.4, 0.5) is 0 Å². The Kier molecular flexibility index (Phi) is 2.25. The molecule has 1 aromatic rings. The van der Waals surface area contributed by atoms with Crippen LogP contribution in [0.1, 0.15) is 45.6 Å². The van der Waals surface area contributed by atoms with Gasteiger partial charge in [-0.05, 0) is 24.7 Å². The molecule has 0 bridgehead atoms. The summed E-state index contributed by atoms with van der Waals surface area (Å²) in [7, 11) is 0. The van der Waals surface area contributed by atoms with Crippen LogP contribution in [0.3, 0.4) is 0 Å². The van der Waals surface area contributed by atoms with E-state index in [2.05, 4.69) is 18.8 Å². The minimum absolute atomic E-state index is 0.0349. The molecule has 2 rings (SSSR count). The number of aromatic nitrogens is 2. The fourth-order valence-corrected chi connectivity index (χ4v) is 2.51. The molecular formula is C11H18N2O. The van der Waals surface area contributed by atoms with Gasteiger partial charge in [0, 0.05) is 18.4 Å². The first-order valence-electron chi connectivity index (χ1n) is 5.34. The maximum atomic E-state index is 11.4. The number of imidazole rings is 1. The highest BCUT2D eigenvalue weighted by molar-refractivity contribution is 4.87. The lowest BCUT2D eigenvalue weighted by atomic mass is 9.75. The summed E-state index contributed by atoms with van der Waals surface area (Å²) in [6.45, 7) is 4.58. The van der Waals surface area contributed by atoms with E-state index in [-0.39, 0.29) is 5.69 Å². The minimum Gasteiger partial charge on any atom is -0.313 e. The predicted octanol–water partition coefficient (Wildman–Crippen LogP) is 2.32. The normalized spacial score (nSPS) is 26.3. The van der Waals surface area contributed by atoms with Crippen molar-refractivity contribution in [3.63, 3.8) is 0 Å². The van der Waals surface area contributed by atoms with E-state index in [4.69, 9.17) is 0 Å². The van der Waals surface area contributed by atoms with Crippen molar-refractivity contribution in [1.82, 2.24) is 9.55 Å². The third kappa shape index (κ3) is 1.76. The van der Waals surface area contributed by atoms with Crippen molar-refractivity contribution in [3.05, 3.63) is 22.9 Å². The van der Waals surface area contributed by atoms with Crippen LogP contribution < -0.4 is 5.69 Å². The summed E-state index contributed by atoms with van der Waals surface area (Å²) in [6, 6.07) is 0.400. The molecular weight excluding hydrogens is 176 g/mol. The summed E-state index contributed by atoms with van der Waals surface area (Å²) in [4.78, 5) is 14.1. The van der Waals surface area contributed by atoms with Gasteiger partial charge in [0.15, 0.2) is 0 Å². The lowest BCUT2D eigenvalue weighted by molar-refractivity contribution is 0.181. The van der Waals surface area contributed by atoms with E-state index in [1.54, 1.807) is 6.20 Å². The van der Waals surface area contributed by atoms with Gasteiger partial charge in [0.2, 0.25) is 0 Å². The third-order valence-electron chi connectivity index (χ3n) is 3.25. The summed E-state index contributed by atoms with van der Waals surface area (Å²) in [5, 5.41) is 0. The molecule has 1 aliphatic carbocycles. The molecule has 0 spiro atoms. The quantitative estimate of drug-likeness (QED) is 0.732. The van der Waals surface area contributed by atoms with Crippen LogP contribution in [-0.2, 0) is 0 Å². The topological polar surface area (TPSA) is 37.8 Å². The molecule has 3 heteroatoms. The monoisotopic (exact) mass is 194 g/mol. The van der Waals surface area contributed by atoms with Crippen molar-refractivity contribution in [2.24, 2.45) is 5.41 Å².